The van der Waals surface area contributed by atoms with Crippen LogP contribution in [-0.4, -0.2) is 17.0 Å². The number of hydrogen-bond acceptors (Lipinski definition) is 2. The summed E-state index contributed by atoms with van der Waals surface area (Å²) in [5.74, 6) is -2.80. The topological polar surface area (TPSA) is 66.4 Å². The van der Waals surface area contributed by atoms with E-state index in [1.165, 1.54) is 36.4 Å². The minimum atomic E-state index is -1.19. The number of hydrogen-bond donors (Lipinski definition) is 2. The van der Waals surface area contributed by atoms with Crippen molar-refractivity contribution >= 4 is 29.2 Å². The molecule has 0 aromatic heterocycles. The lowest BCUT2D eigenvalue weighted by molar-refractivity contribution is 0.0698. The smallest absolute Gasteiger partial charge is 0.337 e. The van der Waals surface area contributed by atoms with E-state index < -0.39 is 17.7 Å². The number of carbonyl (C=O) groups is 2. The molecule has 0 aliphatic heterocycles. The van der Waals surface area contributed by atoms with Crippen LogP contribution in [0.25, 0.3) is 0 Å². The molecule has 0 bridgehead atoms. The minimum Gasteiger partial charge on any atom is -0.478 e. The van der Waals surface area contributed by atoms with Crippen molar-refractivity contribution in [3.63, 3.8) is 0 Å². The summed E-state index contributed by atoms with van der Waals surface area (Å²) in [5.41, 5.74) is -0.245. The summed E-state index contributed by atoms with van der Waals surface area (Å²) < 4.78 is 13.7. The number of halogens is 2. The van der Waals surface area contributed by atoms with E-state index in [1.54, 1.807) is 6.07 Å². The quantitative estimate of drug-likeness (QED) is 0.911. The molecule has 0 saturated carbocycles. The Kier molecular flexibility index (Phi) is 4.00. The molecule has 6 heteroatoms. The van der Waals surface area contributed by atoms with Crippen molar-refractivity contribution in [1.29, 1.82) is 0 Å². The molecule has 0 heterocycles. The molecule has 2 aromatic rings. The third kappa shape index (κ3) is 2.78. The summed E-state index contributed by atoms with van der Waals surface area (Å²) in [6.07, 6.45) is 0. The van der Waals surface area contributed by atoms with Gasteiger partial charge in [0.1, 0.15) is 0 Å². The number of carboxylic acids is 1. The van der Waals surface area contributed by atoms with E-state index in [0.717, 1.165) is 0 Å². The van der Waals surface area contributed by atoms with Gasteiger partial charge in [-0.25, -0.2) is 9.18 Å². The maximum atomic E-state index is 13.7. The fraction of sp³-hybridized carbons (Fsp3) is 0. The number of nitrogens with one attached hydrogen (secondary N) is 1. The SMILES string of the molecule is O=C(O)c1ccccc1NC(=O)c1cccc(Cl)c1F. The van der Waals surface area contributed by atoms with Gasteiger partial charge in [-0.3, -0.25) is 4.79 Å². The highest BCUT2D eigenvalue weighted by atomic mass is 35.5. The first-order valence-corrected chi connectivity index (χ1v) is 5.96. The highest BCUT2D eigenvalue weighted by Crippen LogP contribution is 2.20. The molecular formula is C14H9ClFNO3. The van der Waals surface area contributed by atoms with Gasteiger partial charge < -0.3 is 10.4 Å². The molecule has 20 heavy (non-hydrogen) atoms. The fourth-order valence-corrected chi connectivity index (χ4v) is 1.82. The number of rotatable bonds is 3. The highest BCUT2D eigenvalue weighted by molar-refractivity contribution is 6.31. The monoisotopic (exact) mass is 293 g/mol. The minimum absolute atomic E-state index is 0.0803. The first-order chi connectivity index (χ1) is 9.50. The Morgan fingerprint density at radius 3 is 2.40 bits per heavy atom. The highest BCUT2D eigenvalue weighted by Gasteiger charge is 2.17. The molecule has 0 fully saturated rings. The summed E-state index contributed by atoms with van der Waals surface area (Å²) >= 11 is 5.59. The normalized spacial score (nSPS) is 10.1. The number of para-hydroxylation sites is 1. The zero-order valence-electron chi connectivity index (χ0n) is 10.1. The van der Waals surface area contributed by atoms with Gasteiger partial charge >= 0.3 is 5.97 Å². The number of anilines is 1. The average Bonchev–Trinajstić information content (AvgIpc) is 2.42. The molecule has 0 unspecified atom stereocenters. The van der Waals surface area contributed by atoms with Crippen LogP contribution < -0.4 is 5.32 Å². The number of carboxylic acid groups (broad SMARTS) is 1. The Labute approximate surface area is 118 Å². The second kappa shape index (κ2) is 5.71. The van der Waals surface area contributed by atoms with Crippen LogP contribution in [0.1, 0.15) is 20.7 Å². The Balaban J connectivity index is 2.33. The second-order valence-electron chi connectivity index (χ2n) is 3.91. The summed E-state index contributed by atoms with van der Waals surface area (Å²) in [5, 5.41) is 11.2. The molecule has 0 aliphatic rings. The van der Waals surface area contributed by atoms with Crippen LogP contribution in [-0.2, 0) is 0 Å². The van der Waals surface area contributed by atoms with Gasteiger partial charge in [0.05, 0.1) is 21.8 Å². The van der Waals surface area contributed by atoms with Gasteiger partial charge in [-0.15, -0.1) is 0 Å². The summed E-state index contributed by atoms with van der Waals surface area (Å²) in [7, 11) is 0. The van der Waals surface area contributed by atoms with Gasteiger partial charge in [0, 0.05) is 0 Å². The predicted octanol–water partition coefficient (Wildman–Crippen LogP) is 3.43. The lowest BCUT2D eigenvalue weighted by Crippen LogP contribution is -2.16. The van der Waals surface area contributed by atoms with Crippen molar-refractivity contribution < 1.29 is 19.1 Å². The number of benzene rings is 2. The van der Waals surface area contributed by atoms with E-state index in [4.69, 9.17) is 16.7 Å². The van der Waals surface area contributed by atoms with Crippen LogP contribution >= 0.6 is 11.6 Å². The molecule has 0 aliphatic carbocycles. The van der Waals surface area contributed by atoms with Crippen LogP contribution in [0.4, 0.5) is 10.1 Å². The van der Waals surface area contributed by atoms with E-state index in [1.807, 2.05) is 0 Å². The van der Waals surface area contributed by atoms with E-state index >= 15 is 0 Å². The van der Waals surface area contributed by atoms with Crippen LogP contribution in [0, 0.1) is 5.82 Å². The van der Waals surface area contributed by atoms with Crippen LogP contribution in [0.5, 0.6) is 0 Å². The predicted molar refractivity (Wildman–Crippen MR) is 72.8 cm³/mol. The largest absolute Gasteiger partial charge is 0.478 e. The second-order valence-corrected chi connectivity index (χ2v) is 4.31. The molecule has 102 valence electrons. The Hall–Kier alpha value is -2.40. The Bertz CT molecular complexity index is 688. The van der Waals surface area contributed by atoms with Crippen LogP contribution in [0.15, 0.2) is 42.5 Å². The molecular weight excluding hydrogens is 285 g/mol. The van der Waals surface area contributed by atoms with E-state index in [9.17, 15) is 14.0 Å². The molecule has 2 rings (SSSR count). The lowest BCUT2D eigenvalue weighted by Gasteiger charge is -2.09. The first kappa shape index (κ1) is 14.0. The summed E-state index contributed by atoms with van der Waals surface area (Å²) in [4.78, 5) is 23.0. The van der Waals surface area contributed by atoms with E-state index in [0.29, 0.717) is 0 Å². The zero-order chi connectivity index (χ0) is 14.7. The molecule has 0 atom stereocenters. The fourth-order valence-electron chi connectivity index (χ4n) is 1.65. The van der Waals surface area contributed by atoms with Crippen molar-refractivity contribution in [3.05, 3.63) is 64.4 Å². The van der Waals surface area contributed by atoms with Crippen molar-refractivity contribution in [2.75, 3.05) is 5.32 Å². The molecule has 2 N–H and O–H groups in total. The van der Waals surface area contributed by atoms with Gasteiger partial charge in [0.25, 0.3) is 5.91 Å². The van der Waals surface area contributed by atoms with Gasteiger partial charge in [-0.05, 0) is 24.3 Å². The summed E-state index contributed by atoms with van der Waals surface area (Å²) in [6, 6.07) is 9.87. The van der Waals surface area contributed by atoms with E-state index in [-0.39, 0.29) is 21.8 Å². The van der Waals surface area contributed by atoms with Crippen molar-refractivity contribution in [3.8, 4) is 0 Å². The first-order valence-electron chi connectivity index (χ1n) is 5.58. The summed E-state index contributed by atoms with van der Waals surface area (Å²) in [6.45, 7) is 0. The maximum absolute atomic E-state index is 13.7. The third-order valence-corrected chi connectivity index (χ3v) is 2.89. The Morgan fingerprint density at radius 1 is 1.05 bits per heavy atom. The molecule has 0 radical (unpaired) electrons. The number of amides is 1. The van der Waals surface area contributed by atoms with Crippen molar-refractivity contribution in [2.24, 2.45) is 0 Å². The Morgan fingerprint density at radius 2 is 1.70 bits per heavy atom. The van der Waals surface area contributed by atoms with Crippen LogP contribution in [0.2, 0.25) is 5.02 Å². The van der Waals surface area contributed by atoms with Gasteiger partial charge in [0.2, 0.25) is 0 Å². The standard InChI is InChI=1S/C14H9ClFNO3/c15-10-6-3-5-9(12(10)16)13(18)17-11-7-2-1-4-8(11)14(19)20/h1-7H,(H,17,18)(H,19,20). The van der Waals surface area contributed by atoms with Gasteiger partial charge in [-0.2, -0.15) is 0 Å². The van der Waals surface area contributed by atoms with Crippen LogP contribution in [0.3, 0.4) is 0 Å². The maximum Gasteiger partial charge on any atom is 0.337 e. The molecule has 0 spiro atoms. The lowest BCUT2D eigenvalue weighted by atomic mass is 10.1. The van der Waals surface area contributed by atoms with Crippen molar-refractivity contribution in [1.82, 2.24) is 0 Å². The van der Waals surface area contributed by atoms with Gasteiger partial charge in [-0.1, -0.05) is 29.8 Å². The van der Waals surface area contributed by atoms with Gasteiger partial charge in [0.15, 0.2) is 5.82 Å². The molecule has 4 nitrogen and oxygen atoms in total. The molecule has 2 aromatic carbocycles. The third-order valence-electron chi connectivity index (χ3n) is 2.60. The number of carbonyl (C=O) groups excluding carboxylic acids is 1. The van der Waals surface area contributed by atoms with Crippen molar-refractivity contribution in [2.45, 2.75) is 0 Å². The molecule has 0 saturated heterocycles. The molecule has 1 amide bonds. The average molecular weight is 294 g/mol. The zero-order valence-corrected chi connectivity index (χ0v) is 10.8. The number of aromatic carboxylic acids is 1. The van der Waals surface area contributed by atoms with E-state index in [2.05, 4.69) is 5.32 Å².